The molecule has 0 aliphatic carbocycles. The van der Waals surface area contributed by atoms with Crippen molar-refractivity contribution in [3.05, 3.63) is 239 Å². The fourth-order valence-corrected chi connectivity index (χ4v) is 11.0. The second-order valence-electron chi connectivity index (χ2n) is 19.0. The van der Waals surface area contributed by atoms with E-state index >= 15 is 13.2 Å². The van der Waals surface area contributed by atoms with Crippen LogP contribution in [0.25, 0.3) is 111 Å². The highest BCUT2D eigenvalue weighted by atomic mass is 19.4. The zero-order chi connectivity index (χ0) is 55.6. The lowest BCUT2D eigenvalue weighted by Crippen LogP contribution is -2.14. The molecule has 2 aromatic heterocycles. The van der Waals surface area contributed by atoms with Crippen molar-refractivity contribution in [2.24, 2.45) is 0 Å². The predicted octanol–water partition coefficient (Wildman–Crippen LogP) is 17.6. The maximum absolute atomic E-state index is 16.0. The number of nitriles is 5. The van der Waals surface area contributed by atoms with Gasteiger partial charge in [-0.05, 0) is 147 Å². The van der Waals surface area contributed by atoms with Gasteiger partial charge in [-0.3, -0.25) is 0 Å². The molecule has 7 nitrogen and oxygen atoms in total. The summed E-state index contributed by atoms with van der Waals surface area (Å²) in [7, 11) is 0. The molecule has 0 aliphatic rings. The van der Waals surface area contributed by atoms with Crippen LogP contribution in [-0.2, 0) is 12.4 Å². The highest BCUT2D eigenvalue weighted by Crippen LogP contribution is 2.49. The predicted molar refractivity (Wildman–Crippen MR) is 296 cm³/mol. The molecule has 10 aromatic carbocycles. The number of halogens is 6. The largest absolute Gasteiger partial charge is 0.417 e. The zero-order valence-corrected chi connectivity index (χ0v) is 41.5. The SMILES string of the molecule is N#Cc1cc(-n2c3ccc(-c4ccccc4C#N)cc3c3cc(-c4ccccc4C#N)ccc32)c(-c2ccc(C(F)(F)F)cc2C(F)(F)F)c(-n2c3ccc(-c4ccccc4C#N)cc3c3cc(-c4ccccc4C#N)ccc32)c1. The summed E-state index contributed by atoms with van der Waals surface area (Å²) < 4.78 is 95.1. The van der Waals surface area contributed by atoms with E-state index in [1.165, 1.54) is 12.1 Å². The number of hydrogen-bond acceptors (Lipinski definition) is 5. The molecule has 0 radical (unpaired) electrons. The normalized spacial score (nSPS) is 11.6. The first-order valence-corrected chi connectivity index (χ1v) is 24.7. The van der Waals surface area contributed by atoms with E-state index in [1.54, 1.807) is 155 Å². The third-order valence-electron chi connectivity index (χ3n) is 14.6. The first kappa shape index (κ1) is 49.7. The van der Waals surface area contributed by atoms with Crippen molar-refractivity contribution in [3.8, 4) is 97.4 Å². The Morgan fingerprint density at radius 3 is 0.925 bits per heavy atom. The molecule has 2 heterocycles. The van der Waals surface area contributed by atoms with Crippen LogP contribution in [0.4, 0.5) is 26.3 Å². The molecule has 0 saturated heterocycles. The van der Waals surface area contributed by atoms with Gasteiger partial charge >= 0.3 is 12.4 Å². The average Bonchev–Trinajstić information content (AvgIpc) is 4.03. The second kappa shape index (κ2) is 19.1. The Morgan fingerprint density at radius 1 is 0.312 bits per heavy atom. The minimum absolute atomic E-state index is 0.00814. The fourth-order valence-electron chi connectivity index (χ4n) is 11.0. The van der Waals surface area contributed by atoms with Gasteiger partial charge in [0.2, 0.25) is 0 Å². The minimum atomic E-state index is -5.36. The van der Waals surface area contributed by atoms with E-state index in [1.807, 2.05) is 24.3 Å². The standard InChI is InChI=1S/C67H33F6N7/c68-66(69,70)48-21-22-53(58(33-48)67(71,72)73)65-63(79-59-23-17-40(49-13-5-1-9-44(49)35-75)29-54(59)55-30-41(18-24-60(55)79)50-14-6-2-10-45(50)36-76)27-39(34-74)28-64(65)80-61-25-19-42(51-15-7-3-11-46(51)37-77)31-56(61)57-32-43(20-26-62(57)80)52-16-8-4-12-47(52)38-78/h1-33H. The molecule has 378 valence electrons. The maximum atomic E-state index is 16.0. The van der Waals surface area contributed by atoms with E-state index in [-0.39, 0.29) is 28.6 Å². The van der Waals surface area contributed by atoms with Crippen LogP contribution in [0, 0.1) is 56.7 Å². The van der Waals surface area contributed by atoms with E-state index in [0.29, 0.717) is 116 Å². The molecule has 0 spiro atoms. The van der Waals surface area contributed by atoms with Gasteiger partial charge < -0.3 is 9.13 Å². The first-order chi connectivity index (χ1) is 38.7. The molecule has 0 fully saturated rings. The van der Waals surface area contributed by atoms with Gasteiger partial charge in [-0.1, -0.05) is 103 Å². The molecule has 0 saturated carbocycles. The molecule has 12 rings (SSSR count). The van der Waals surface area contributed by atoms with Gasteiger partial charge in [-0.15, -0.1) is 0 Å². The summed E-state index contributed by atoms with van der Waals surface area (Å²) in [6, 6.07) is 65.1. The summed E-state index contributed by atoms with van der Waals surface area (Å²) in [5, 5.41) is 54.1. The average molecular weight is 1050 g/mol. The number of benzene rings is 10. The van der Waals surface area contributed by atoms with E-state index < -0.39 is 29.0 Å². The van der Waals surface area contributed by atoms with Crippen molar-refractivity contribution in [1.82, 2.24) is 9.13 Å². The lowest BCUT2D eigenvalue weighted by atomic mass is 9.92. The summed E-state index contributed by atoms with van der Waals surface area (Å²) >= 11 is 0. The zero-order valence-electron chi connectivity index (χ0n) is 41.5. The Kier molecular flexibility index (Phi) is 11.9. The van der Waals surface area contributed by atoms with Crippen LogP contribution in [0.5, 0.6) is 0 Å². The van der Waals surface area contributed by atoms with Crippen LogP contribution in [0.2, 0.25) is 0 Å². The van der Waals surface area contributed by atoms with Gasteiger partial charge in [0, 0.05) is 27.1 Å². The highest BCUT2D eigenvalue weighted by Gasteiger charge is 2.40. The third-order valence-corrected chi connectivity index (χ3v) is 14.6. The number of fused-ring (bicyclic) bond motifs is 6. The number of rotatable bonds is 7. The molecule has 0 bridgehead atoms. The summed E-state index contributed by atoms with van der Waals surface area (Å²) in [5.74, 6) is 0. The fraction of sp³-hybridized carbons (Fsp3) is 0.0299. The van der Waals surface area contributed by atoms with Crippen LogP contribution < -0.4 is 0 Å². The van der Waals surface area contributed by atoms with E-state index in [9.17, 15) is 39.5 Å². The molecule has 12 aromatic rings. The maximum Gasteiger partial charge on any atom is 0.417 e. The Balaban J connectivity index is 1.26. The van der Waals surface area contributed by atoms with Gasteiger partial charge in [0.05, 0.1) is 103 Å². The van der Waals surface area contributed by atoms with Crippen LogP contribution in [0.1, 0.15) is 38.9 Å². The van der Waals surface area contributed by atoms with Crippen LogP contribution in [-0.4, -0.2) is 9.13 Å². The lowest BCUT2D eigenvalue weighted by molar-refractivity contribution is -0.142. The van der Waals surface area contributed by atoms with Gasteiger partial charge in [0.15, 0.2) is 0 Å². The van der Waals surface area contributed by atoms with E-state index in [4.69, 9.17) is 0 Å². The summed E-state index contributed by atoms with van der Waals surface area (Å²) in [6.07, 6.45) is -10.5. The smallest absolute Gasteiger partial charge is 0.308 e. The van der Waals surface area contributed by atoms with Crippen molar-refractivity contribution in [1.29, 1.82) is 26.3 Å². The van der Waals surface area contributed by atoms with Crippen molar-refractivity contribution in [3.63, 3.8) is 0 Å². The summed E-state index contributed by atoms with van der Waals surface area (Å²) in [4.78, 5) is 0. The molecular weight excluding hydrogens is 1020 g/mol. The molecule has 0 N–H and O–H groups in total. The Hall–Kier alpha value is -11.2. The van der Waals surface area contributed by atoms with Crippen LogP contribution in [0.15, 0.2) is 200 Å². The lowest BCUT2D eigenvalue weighted by Gasteiger charge is -2.24. The first-order valence-electron chi connectivity index (χ1n) is 24.7. The quantitative estimate of drug-likeness (QED) is 0.147. The monoisotopic (exact) mass is 1050 g/mol. The Bertz CT molecular complexity index is 4340. The topological polar surface area (TPSA) is 129 Å². The molecule has 0 unspecified atom stereocenters. The Morgan fingerprint density at radius 2 is 0.637 bits per heavy atom. The Labute approximate surface area is 452 Å². The molecule has 0 aliphatic heterocycles. The highest BCUT2D eigenvalue weighted by molar-refractivity contribution is 6.15. The summed E-state index contributed by atoms with van der Waals surface area (Å²) in [6.45, 7) is 0. The van der Waals surface area contributed by atoms with E-state index in [0.717, 1.165) is 6.07 Å². The second-order valence-corrected chi connectivity index (χ2v) is 19.0. The minimum Gasteiger partial charge on any atom is -0.308 e. The molecule has 13 heteroatoms. The summed E-state index contributed by atoms with van der Waals surface area (Å²) in [5.41, 5.74) is 4.23. The van der Waals surface area contributed by atoms with Crippen LogP contribution in [0.3, 0.4) is 0 Å². The molecule has 0 atom stereocenters. The number of hydrogen-bond donors (Lipinski definition) is 0. The van der Waals surface area contributed by atoms with Gasteiger partial charge in [-0.2, -0.15) is 52.7 Å². The molecular formula is C67H33F6N7. The van der Waals surface area contributed by atoms with Gasteiger partial charge in [0.25, 0.3) is 0 Å². The number of alkyl halides is 6. The van der Waals surface area contributed by atoms with E-state index in [2.05, 4.69) is 30.3 Å². The van der Waals surface area contributed by atoms with Gasteiger partial charge in [-0.25, -0.2) is 0 Å². The van der Waals surface area contributed by atoms with Crippen molar-refractivity contribution in [2.45, 2.75) is 12.4 Å². The number of aromatic nitrogens is 2. The molecule has 0 amide bonds. The van der Waals surface area contributed by atoms with Gasteiger partial charge in [0.1, 0.15) is 0 Å². The van der Waals surface area contributed by atoms with Crippen molar-refractivity contribution < 1.29 is 26.3 Å². The number of nitrogens with zero attached hydrogens (tertiary/aromatic N) is 7. The van der Waals surface area contributed by atoms with Crippen molar-refractivity contribution >= 4 is 43.6 Å². The third kappa shape index (κ3) is 8.21. The molecule has 80 heavy (non-hydrogen) atoms. The van der Waals surface area contributed by atoms with Crippen molar-refractivity contribution in [2.75, 3.05) is 0 Å². The van der Waals surface area contributed by atoms with Crippen LogP contribution >= 0.6 is 0 Å².